The first-order chi connectivity index (χ1) is 12.4. The molecule has 0 heterocycles. The maximum absolute atomic E-state index is 12.0. The van der Waals surface area contributed by atoms with Crippen molar-refractivity contribution in [2.45, 2.75) is 6.92 Å². The van der Waals surface area contributed by atoms with Crippen molar-refractivity contribution in [1.82, 2.24) is 0 Å². The molecule has 0 aliphatic carbocycles. The molecule has 0 spiro atoms. The van der Waals surface area contributed by atoms with E-state index in [1.165, 1.54) is 30.3 Å². The number of esters is 1. The number of nitrogens with one attached hydrogen (secondary N) is 1. The lowest BCUT2D eigenvalue weighted by molar-refractivity contribution is -0.384. The van der Waals surface area contributed by atoms with E-state index in [9.17, 15) is 19.7 Å². The van der Waals surface area contributed by atoms with Crippen molar-refractivity contribution >= 4 is 39.2 Å². The molecule has 8 nitrogen and oxygen atoms in total. The first-order valence-corrected chi connectivity index (χ1v) is 8.33. The van der Waals surface area contributed by atoms with Gasteiger partial charge in [-0.15, -0.1) is 0 Å². The number of carbonyl (C=O) groups is 2. The van der Waals surface area contributed by atoms with E-state index in [0.717, 1.165) is 0 Å². The Labute approximate surface area is 157 Å². The van der Waals surface area contributed by atoms with Gasteiger partial charge in [0.15, 0.2) is 6.61 Å². The topological polar surface area (TPSA) is 108 Å². The summed E-state index contributed by atoms with van der Waals surface area (Å²) in [4.78, 5) is 33.7. The predicted molar refractivity (Wildman–Crippen MR) is 97.3 cm³/mol. The molecular weight excluding hydrogens is 408 g/mol. The standard InChI is InChI=1S/C17H15BrN2O6/c1-2-25-17(22)11-3-6-13(7-4-11)26-10-16(21)19-15-8-5-12(20(23)24)9-14(15)18/h3-9H,2,10H2,1H3,(H,19,21). The number of ether oxygens (including phenoxy) is 2. The van der Waals surface area contributed by atoms with Gasteiger partial charge in [0, 0.05) is 16.6 Å². The third-order valence-electron chi connectivity index (χ3n) is 3.17. The number of rotatable bonds is 7. The van der Waals surface area contributed by atoms with Crippen molar-refractivity contribution in [2.24, 2.45) is 0 Å². The van der Waals surface area contributed by atoms with Gasteiger partial charge in [-0.1, -0.05) is 0 Å². The lowest BCUT2D eigenvalue weighted by Crippen LogP contribution is -2.20. The number of nitro benzene ring substituents is 1. The highest BCUT2D eigenvalue weighted by molar-refractivity contribution is 9.10. The second-order valence-electron chi connectivity index (χ2n) is 5.00. The molecule has 0 fully saturated rings. The fourth-order valence-electron chi connectivity index (χ4n) is 1.96. The predicted octanol–water partition coefficient (Wildman–Crippen LogP) is 3.55. The van der Waals surface area contributed by atoms with Gasteiger partial charge in [-0.05, 0) is 53.2 Å². The average molecular weight is 423 g/mol. The Balaban J connectivity index is 1.91. The largest absolute Gasteiger partial charge is 0.484 e. The van der Waals surface area contributed by atoms with Crippen LogP contribution in [0.15, 0.2) is 46.9 Å². The number of hydrogen-bond acceptors (Lipinski definition) is 6. The van der Waals surface area contributed by atoms with Crippen LogP contribution >= 0.6 is 15.9 Å². The molecule has 2 rings (SSSR count). The molecule has 0 aliphatic heterocycles. The lowest BCUT2D eigenvalue weighted by atomic mass is 10.2. The molecule has 1 amide bonds. The summed E-state index contributed by atoms with van der Waals surface area (Å²) in [5.74, 6) is -0.454. The molecule has 0 bridgehead atoms. The number of hydrogen-bond donors (Lipinski definition) is 1. The van der Waals surface area contributed by atoms with Crippen molar-refractivity contribution in [2.75, 3.05) is 18.5 Å². The van der Waals surface area contributed by atoms with Crippen molar-refractivity contribution in [3.8, 4) is 5.75 Å². The monoisotopic (exact) mass is 422 g/mol. The Morgan fingerprint density at radius 1 is 1.19 bits per heavy atom. The van der Waals surface area contributed by atoms with Crippen LogP contribution in [0.3, 0.4) is 0 Å². The van der Waals surface area contributed by atoms with Gasteiger partial charge in [0.05, 0.1) is 22.8 Å². The minimum Gasteiger partial charge on any atom is -0.484 e. The minimum atomic E-state index is -0.528. The van der Waals surface area contributed by atoms with Crippen LogP contribution in [0.4, 0.5) is 11.4 Å². The van der Waals surface area contributed by atoms with Crippen LogP contribution < -0.4 is 10.1 Å². The van der Waals surface area contributed by atoms with Crippen molar-refractivity contribution in [3.05, 3.63) is 62.6 Å². The van der Waals surface area contributed by atoms with E-state index in [1.807, 2.05) is 0 Å². The minimum absolute atomic E-state index is 0.0900. The molecule has 0 atom stereocenters. The highest BCUT2D eigenvalue weighted by Gasteiger charge is 2.12. The molecule has 136 valence electrons. The molecule has 2 aromatic carbocycles. The van der Waals surface area contributed by atoms with E-state index in [2.05, 4.69) is 21.2 Å². The van der Waals surface area contributed by atoms with E-state index in [1.54, 1.807) is 19.1 Å². The second kappa shape index (κ2) is 8.95. The molecule has 0 unspecified atom stereocenters. The van der Waals surface area contributed by atoms with E-state index < -0.39 is 16.8 Å². The number of nitrogens with zero attached hydrogens (tertiary/aromatic N) is 1. The molecule has 26 heavy (non-hydrogen) atoms. The third-order valence-corrected chi connectivity index (χ3v) is 3.83. The number of non-ortho nitro benzene ring substituents is 1. The number of benzene rings is 2. The van der Waals surface area contributed by atoms with Crippen LogP contribution in [0.25, 0.3) is 0 Å². The van der Waals surface area contributed by atoms with Crippen LogP contribution in [0.2, 0.25) is 0 Å². The first-order valence-electron chi connectivity index (χ1n) is 7.54. The van der Waals surface area contributed by atoms with Crippen LogP contribution in [0, 0.1) is 10.1 Å². The molecular formula is C17H15BrN2O6. The van der Waals surface area contributed by atoms with Gasteiger partial charge >= 0.3 is 5.97 Å². The molecule has 1 N–H and O–H groups in total. The van der Waals surface area contributed by atoms with E-state index >= 15 is 0 Å². The molecule has 0 aromatic heterocycles. The van der Waals surface area contributed by atoms with Gasteiger partial charge in [-0.3, -0.25) is 14.9 Å². The van der Waals surface area contributed by atoms with Crippen molar-refractivity contribution in [3.63, 3.8) is 0 Å². The Bertz CT molecular complexity index is 823. The van der Waals surface area contributed by atoms with Gasteiger partial charge in [0.25, 0.3) is 11.6 Å². The Hall–Kier alpha value is -2.94. The summed E-state index contributed by atoms with van der Waals surface area (Å²) in [5, 5.41) is 13.3. The number of halogens is 1. The van der Waals surface area contributed by atoms with Crippen molar-refractivity contribution < 1.29 is 24.0 Å². The van der Waals surface area contributed by atoms with Gasteiger partial charge in [0.1, 0.15) is 5.75 Å². The number of amides is 1. The number of anilines is 1. The fraction of sp³-hybridized carbons (Fsp3) is 0.176. The fourth-order valence-corrected chi connectivity index (χ4v) is 2.42. The zero-order chi connectivity index (χ0) is 19.1. The summed E-state index contributed by atoms with van der Waals surface area (Å²) in [6, 6.07) is 10.2. The van der Waals surface area contributed by atoms with E-state index in [4.69, 9.17) is 9.47 Å². The Kier molecular flexibility index (Phi) is 6.67. The molecule has 0 saturated carbocycles. The van der Waals surface area contributed by atoms with E-state index in [-0.39, 0.29) is 18.9 Å². The van der Waals surface area contributed by atoms with Gasteiger partial charge in [-0.2, -0.15) is 0 Å². The summed E-state index contributed by atoms with van der Waals surface area (Å²) < 4.78 is 10.6. The van der Waals surface area contributed by atoms with E-state index in [0.29, 0.717) is 21.5 Å². The lowest BCUT2D eigenvalue weighted by Gasteiger charge is -2.09. The van der Waals surface area contributed by atoms with Crippen LogP contribution in [-0.4, -0.2) is 30.0 Å². The zero-order valence-corrected chi connectivity index (χ0v) is 15.3. The third kappa shape index (κ3) is 5.28. The maximum atomic E-state index is 12.0. The van der Waals surface area contributed by atoms with Gasteiger partial charge < -0.3 is 14.8 Å². The summed E-state index contributed by atoms with van der Waals surface area (Å²) >= 11 is 3.17. The first kappa shape index (κ1) is 19.4. The summed E-state index contributed by atoms with van der Waals surface area (Å²) in [7, 11) is 0. The SMILES string of the molecule is CCOC(=O)c1ccc(OCC(=O)Nc2ccc([N+](=O)[O-])cc2Br)cc1. The Morgan fingerprint density at radius 2 is 1.88 bits per heavy atom. The molecule has 9 heteroatoms. The molecule has 0 saturated heterocycles. The Morgan fingerprint density at radius 3 is 2.46 bits per heavy atom. The summed E-state index contributed by atoms with van der Waals surface area (Å²) in [5.41, 5.74) is 0.688. The average Bonchev–Trinajstić information content (AvgIpc) is 2.62. The second-order valence-corrected chi connectivity index (χ2v) is 5.86. The number of carbonyl (C=O) groups excluding carboxylic acids is 2. The van der Waals surface area contributed by atoms with Crippen molar-refractivity contribution in [1.29, 1.82) is 0 Å². The highest BCUT2D eigenvalue weighted by atomic mass is 79.9. The van der Waals surface area contributed by atoms with Crippen LogP contribution in [0.1, 0.15) is 17.3 Å². The molecule has 0 aliphatic rings. The maximum Gasteiger partial charge on any atom is 0.338 e. The summed E-state index contributed by atoms with van der Waals surface area (Å²) in [6.45, 7) is 1.74. The molecule has 0 radical (unpaired) electrons. The summed E-state index contributed by atoms with van der Waals surface area (Å²) in [6.07, 6.45) is 0. The number of nitro groups is 1. The molecule has 2 aromatic rings. The zero-order valence-electron chi connectivity index (χ0n) is 13.7. The van der Waals surface area contributed by atoms with Gasteiger partial charge in [-0.25, -0.2) is 4.79 Å². The quantitative estimate of drug-likeness (QED) is 0.415. The normalized spacial score (nSPS) is 10.1. The van der Waals surface area contributed by atoms with Gasteiger partial charge in [0.2, 0.25) is 0 Å². The smallest absolute Gasteiger partial charge is 0.338 e. The van der Waals surface area contributed by atoms with Crippen LogP contribution in [-0.2, 0) is 9.53 Å². The van der Waals surface area contributed by atoms with Crippen LogP contribution in [0.5, 0.6) is 5.75 Å². The highest BCUT2D eigenvalue weighted by Crippen LogP contribution is 2.27.